The lowest BCUT2D eigenvalue weighted by molar-refractivity contribution is -0.306. The van der Waals surface area contributed by atoms with Crippen LogP contribution in [0.1, 0.15) is 12.8 Å². The normalized spacial score (nSPS) is 14.5. The third-order valence-electron chi connectivity index (χ3n) is 0.957. The summed E-state index contributed by atoms with van der Waals surface area (Å²) in [5, 5.41) is 9.69. The molecule has 0 heterocycles. The average molecular weight is 234 g/mol. The van der Waals surface area contributed by atoms with Gasteiger partial charge in [0.1, 0.15) is 0 Å². The lowest BCUT2D eigenvalue weighted by atomic mass is 10.2. The third-order valence-corrected chi connectivity index (χ3v) is 1.45. The molecule has 0 saturated carbocycles. The number of hydrogen-bond acceptors (Lipinski definition) is 2. The van der Waals surface area contributed by atoms with E-state index in [0.29, 0.717) is 0 Å². The van der Waals surface area contributed by atoms with Crippen molar-refractivity contribution in [1.82, 2.24) is 0 Å². The highest BCUT2D eigenvalue weighted by molar-refractivity contribution is 9.10. The Kier molecular flexibility index (Phi) is 3.85. The minimum atomic E-state index is -3.65. The highest BCUT2D eigenvalue weighted by Crippen LogP contribution is 2.30. The molecule has 0 aromatic rings. The fraction of sp³-hybridized carbons (Fsp3) is 0.800. The van der Waals surface area contributed by atoms with Crippen LogP contribution < -0.4 is 5.11 Å². The number of carbonyl (C=O) groups is 1. The minimum absolute atomic E-state index is 0.706. The number of rotatable bonds is 4. The van der Waals surface area contributed by atoms with Crippen molar-refractivity contribution in [3.05, 3.63) is 0 Å². The topological polar surface area (TPSA) is 40.1 Å². The molecule has 0 fully saturated rings. The zero-order valence-electron chi connectivity index (χ0n) is 5.32. The molecule has 0 aliphatic heterocycles. The van der Waals surface area contributed by atoms with E-state index in [4.69, 9.17) is 0 Å². The Labute approximate surface area is 69.5 Å². The first-order chi connectivity index (χ1) is 4.84. The van der Waals surface area contributed by atoms with Gasteiger partial charge < -0.3 is 9.90 Å². The van der Waals surface area contributed by atoms with E-state index >= 15 is 0 Å². The highest BCUT2D eigenvalue weighted by atomic mass is 79.9. The summed E-state index contributed by atoms with van der Waals surface area (Å²) < 4.78 is 36.0. The van der Waals surface area contributed by atoms with E-state index in [9.17, 15) is 23.1 Å². The molecule has 0 aromatic carbocycles. The van der Waals surface area contributed by atoms with Crippen molar-refractivity contribution in [3.63, 3.8) is 0 Å². The Morgan fingerprint density at radius 3 is 2.36 bits per heavy atom. The number of alkyl halides is 4. The minimum Gasteiger partial charge on any atom is -0.550 e. The Morgan fingerprint density at radius 2 is 2.09 bits per heavy atom. The standard InChI is InChI=1S/C5H6BrF3O2/c6-5(8,9)3(7)1-2-4(10)11/h3H,1-2H2,(H,10,11)/p-1. The molecule has 2 nitrogen and oxygen atoms in total. The van der Waals surface area contributed by atoms with Crippen LogP contribution in [0, 0.1) is 0 Å². The molecule has 0 N–H and O–H groups in total. The summed E-state index contributed by atoms with van der Waals surface area (Å²) >= 11 is 1.77. The first-order valence-corrected chi connectivity index (χ1v) is 3.54. The second-order valence-corrected chi connectivity index (χ2v) is 2.98. The van der Waals surface area contributed by atoms with Crippen molar-refractivity contribution in [2.24, 2.45) is 0 Å². The van der Waals surface area contributed by atoms with E-state index in [2.05, 4.69) is 0 Å². The van der Waals surface area contributed by atoms with Crippen LogP contribution >= 0.6 is 15.9 Å². The average Bonchev–Trinajstić information content (AvgIpc) is 1.80. The highest BCUT2D eigenvalue weighted by Gasteiger charge is 2.35. The molecule has 11 heavy (non-hydrogen) atoms. The quantitative estimate of drug-likeness (QED) is 0.676. The van der Waals surface area contributed by atoms with Gasteiger partial charge in [0.2, 0.25) is 0 Å². The van der Waals surface area contributed by atoms with Crippen molar-refractivity contribution >= 4 is 21.9 Å². The molecule has 0 saturated heterocycles. The molecule has 1 unspecified atom stereocenters. The van der Waals surface area contributed by atoms with Gasteiger partial charge in [0, 0.05) is 5.97 Å². The van der Waals surface area contributed by atoms with E-state index < -0.39 is 29.8 Å². The molecule has 6 heteroatoms. The molecule has 0 aromatic heterocycles. The number of halogens is 4. The van der Waals surface area contributed by atoms with Crippen LogP contribution in [0.15, 0.2) is 0 Å². The molecule has 66 valence electrons. The largest absolute Gasteiger partial charge is 0.550 e. The van der Waals surface area contributed by atoms with Crippen molar-refractivity contribution in [2.45, 2.75) is 23.8 Å². The van der Waals surface area contributed by atoms with Gasteiger partial charge in [0.05, 0.1) is 0 Å². The zero-order chi connectivity index (χ0) is 9.07. The van der Waals surface area contributed by atoms with Crippen LogP contribution in [0.3, 0.4) is 0 Å². The molecule has 1 atom stereocenters. The van der Waals surface area contributed by atoms with Crippen LogP contribution in [0.25, 0.3) is 0 Å². The predicted molar refractivity (Wildman–Crippen MR) is 33.0 cm³/mol. The van der Waals surface area contributed by atoms with Gasteiger partial charge >= 0.3 is 4.83 Å². The summed E-state index contributed by atoms with van der Waals surface area (Å²) in [5.74, 6) is -1.54. The van der Waals surface area contributed by atoms with Crippen LogP contribution in [0.4, 0.5) is 13.2 Å². The molecule has 0 aliphatic rings. The fourth-order valence-corrected chi connectivity index (χ4v) is 0.637. The molecule has 0 bridgehead atoms. The predicted octanol–water partition coefficient (Wildman–Crippen LogP) is 0.842. The second kappa shape index (κ2) is 3.94. The van der Waals surface area contributed by atoms with E-state index in [1.807, 2.05) is 0 Å². The maximum absolute atomic E-state index is 12.2. The van der Waals surface area contributed by atoms with E-state index in [0.717, 1.165) is 0 Å². The Hall–Kier alpha value is -0.260. The first kappa shape index (κ1) is 10.7. The van der Waals surface area contributed by atoms with Gasteiger partial charge in [-0.15, -0.1) is 0 Å². The van der Waals surface area contributed by atoms with Gasteiger partial charge in [-0.05, 0) is 28.8 Å². The Balaban J connectivity index is 3.70. The molecule has 0 amide bonds. The molecule has 0 radical (unpaired) electrons. The summed E-state index contributed by atoms with van der Waals surface area (Å²) in [5.41, 5.74) is 0. The van der Waals surface area contributed by atoms with Gasteiger partial charge in [-0.1, -0.05) is 0 Å². The van der Waals surface area contributed by atoms with E-state index in [1.165, 1.54) is 0 Å². The number of carboxylic acid groups (broad SMARTS) is 1. The van der Waals surface area contributed by atoms with Gasteiger partial charge in [-0.2, -0.15) is 8.78 Å². The second-order valence-electron chi connectivity index (χ2n) is 1.92. The number of hydrogen-bond donors (Lipinski definition) is 0. The maximum atomic E-state index is 12.2. The summed E-state index contributed by atoms with van der Waals surface area (Å²) in [6.45, 7) is 0. The summed E-state index contributed by atoms with van der Waals surface area (Å²) in [6.07, 6.45) is -3.94. The number of carboxylic acids is 1. The number of aliphatic carboxylic acids is 1. The first-order valence-electron chi connectivity index (χ1n) is 2.74. The van der Waals surface area contributed by atoms with Crippen LogP contribution in [-0.4, -0.2) is 17.0 Å². The molecular formula is C5H5BrF3O2-. The smallest absolute Gasteiger partial charge is 0.331 e. The Bertz CT molecular complexity index is 145. The van der Waals surface area contributed by atoms with Crippen molar-refractivity contribution in [3.8, 4) is 0 Å². The van der Waals surface area contributed by atoms with Gasteiger partial charge in [-0.3, -0.25) is 0 Å². The van der Waals surface area contributed by atoms with Crippen molar-refractivity contribution in [2.75, 3.05) is 0 Å². The summed E-state index contributed by atoms with van der Waals surface area (Å²) in [4.78, 5) is 6.04. The number of carbonyl (C=O) groups excluding carboxylic acids is 1. The molecule has 0 rings (SSSR count). The van der Waals surface area contributed by atoms with Gasteiger partial charge in [0.15, 0.2) is 6.17 Å². The Morgan fingerprint density at radius 1 is 1.64 bits per heavy atom. The van der Waals surface area contributed by atoms with Gasteiger partial charge in [0.25, 0.3) is 0 Å². The fourth-order valence-electron chi connectivity index (χ4n) is 0.408. The monoisotopic (exact) mass is 233 g/mol. The molecule has 0 aliphatic carbocycles. The SMILES string of the molecule is O=C([O-])CCC(F)C(F)(F)Br. The molecule has 0 spiro atoms. The lowest BCUT2D eigenvalue weighted by Gasteiger charge is -2.13. The molecular weight excluding hydrogens is 229 g/mol. The van der Waals surface area contributed by atoms with Crippen molar-refractivity contribution in [1.29, 1.82) is 0 Å². The van der Waals surface area contributed by atoms with Crippen LogP contribution in [0.5, 0.6) is 0 Å². The van der Waals surface area contributed by atoms with Gasteiger partial charge in [-0.25, -0.2) is 4.39 Å². The van der Waals surface area contributed by atoms with Crippen molar-refractivity contribution < 1.29 is 23.1 Å². The lowest BCUT2D eigenvalue weighted by Crippen LogP contribution is -2.27. The van der Waals surface area contributed by atoms with E-state index in [-0.39, 0.29) is 0 Å². The zero-order valence-corrected chi connectivity index (χ0v) is 6.91. The summed E-state index contributed by atoms with van der Waals surface area (Å²) in [7, 11) is 0. The van der Waals surface area contributed by atoms with E-state index in [1.54, 1.807) is 15.9 Å². The third kappa shape index (κ3) is 5.06. The summed E-state index contributed by atoms with van der Waals surface area (Å²) in [6, 6.07) is 0. The maximum Gasteiger partial charge on any atom is 0.331 e. The van der Waals surface area contributed by atoms with Crippen LogP contribution in [0.2, 0.25) is 0 Å². The van der Waals surface area contributed by atoms with Crippen LogP contribution in [-0.2, 0) is 4.79 Å².